The van der Waals surface area contributed by atoms with Crippen LogP contribution in [0, 0.1) is 5.92 Å². The molecule has 0 amide bonds. The molecule has 0 radical (unpaired) electrons. The van der Waals surface area contributed by atoms with Gasteiger partial charge < -0.3 is 10.3 Å². The summed E-state index contributed by atoms with van der Waals surface area (Å²) in [6, 6.07) is 0.138. The fraction of sp³-hybridized carbons (Fsp3) is 0.538. The van der Waals surface area contributed by atoms with Gasteiger partial charge in [0, 0.05) is 30.9 Å². The molecule has 2 N–H and O–H groups in total. The van der Waals surface area contributed by atoms with Gasteiger partial charge in [-0.2, -0.15) is 5.10 Å². The highest BCUT2D eigenvalue weighted by atomic mass is 15.3. The molecular formula is C13H21N5. The molecule has 2 rings (SSSR count). The van der Waals surface area contributed by atoms with E-state index in [1.54, 1.807) is 0 Å². The quantitative estimate of drug-likeness (QED) is 0.875. The number of hydrogen-bond donors (Lipinski definition) is 1. The predicted molar refractivity (Wildman–Crippen MR) is 71.9 cm³/mol. The minimum atomic E-state index is 0.138. The second-order valence-electron chi connectivity index (χ2n) is 4.92. The maximum Gasteiger partial charge on any atom is 0.0951 e. The van der Waals surface area contributed by atoms with Crippen LogP contribution in [-0.4, -0.2) is 25.4 Å². The van der Waals surface area contributed by atoms with E-state index in [0.717, 1.165) is 24.3 Å². The molecule has 0 aliphatic heterocycles. The van der Waals surface area contributed by atoms with E-state index in [-0.39, 0.29) is 6.04 Å². The molecule has 2 heterocycles. The Kier molecular flexibility index (Phi) is 3.81. The molecule has 98 valence electrons. The lowest BCUT2D eigenvalue weighted by Gasteiger charge is -2.17. The Morgan fingerprint density at radius 2 is 2.11 bits per heavy atom. The molecule has 0 bridgehead atoms. The summed E-state index contributed by atoms with van der Waals surface area (Å²) in [4.78, 5) is 4.22. The van der Waals surface area contributed by atoms with E-state index < -0.39 is 0 Å². The summed E-state index contributed by atoms with van der Waals surface area (Å²) < 4.78 is 4.01. The molecule has 1 unspecified atom stereocenters. The molecule has 0 saturated heterocycles. The molecule has 0 spiro atoms. The highest BCUT2D eigenvalue weighted by molar-refractivity contribution is 5.56. The molecular weight excluding hydrogens is 226 g/mol. The van der Waals surface area contributed by atoms with Crippen molar-refractivity contribution in [2.45, 2.75) is 39.9 Å². The highest BCUT2D eigenvalue weighted by Crippen LogP contribution is 2.19. The zero-order valence-electron chi connectivity index (χ0n) is 11.2. The third-order valence-electron chi connectivity index (χ3n) is 3.23. The topological polar surface area (TPSA) is 61.7 Å². The molecule has 18 heavy (non-hydrogen) atoms. The monoisotopic (exact) mass is 247 g/mol. The first-order chi connectivity index (χ1) is 8.61. The number of nitrogens with two attached hydrogens (primary N) is 1. The largest absolute Gasteiger partial charge is 0.329 e. The van der Waals surface area contributed by atoms with Crippen LogP contribution >= 0.6 is 0 Å². The lowest BCUT2D eigenvalue weighted by atomic mass is 10.1. The summed E-state index contributed by atoms with van der Waals surface area (Å²) in [5.41, 5.74) is 8.28. The molecule has 5 heteroatoms. The fourth-order valence-corrected chi connectivity index (χ4v) is 1.81. The third-order valence-corrected chi connectivity index (χ3v) is 3.23. The standard InChI is InChI=1S/C13H21N5/c1-4-18-7-11(5-16-18)13-6-15-9-17(13)8-12(14)10(2)3/h5-7,9-10,12H,4,8,14H2,1-3H3. The second-order valence-corrected chi connectivity index (χ2v) is 4.92. The summed E-state index contributed by atoms with van der Waals surface area (Å²) in [7, 11) is 0. The summed E-state index contributed by atoms with van der Waals surface area (Å²) in [5.74, 6) is 0.457. The first-order valence-electron chi connectivity index (χ1n) is 6.40. The van der Waals surface area contributed by atoms with E-state index >= 15 is 0 Å². The van der Waals surface area contributed by atoms with Crippen LogP contribution in [0.2, 0.25) is 0 Å². The van der Waals surface area contributed by atoms with Crippen LogP contribution in [0.5, 0.6) is 0 Å². The smallest absolute Gasteiger partial charge is 0.0951 e. The van der Waals surface area contributed by atoms with Gasteiger partial charge in [0.2, 0.25) is 0 Å². The maximum atomic E-state index is 6.12. The molecule has 2 aromatic rings. The zero-order chi connectivity index (χ0) is 13.1. The Labute approximate surface area is 108 Å². The number of nitrogens with zero attached hydrogens (tertiary/aromatic N) is 4. The van der Waals surface area contributed by atoms with E-state index in [9.17, 15) is 0 Å². The van der Waals surface area contributed by atoms with Gasteiger partial charge in [0.05, 0.1) is 24.4 Å². The molecule has 0 fully saturated rings. The van der Waals surface area contributed by atoms with Crippen LogP contribution in [-0.2, 0) is 13.1 Å². The van der Waals surface area contributed by atoms with Gasteiger partial charge in [0.1, 0.15) is 0 Å². The average molecular weight is 247 g/mol. The predicted octanol–water partition coefficient (Wildman–Crippen LogP) is 1.75. The first-order valence-corrected chi connectivity index (χ1v) is 6.40. The van der Waals surface area contributed by atoms with Gasteiger partial charge in [-0.3, -0.25) is 4.68 Å². The third kappa shape index (κ3) is 2.61. The summed E-state index contributed by atoms with van der Waals surface area (Å²) >= 11 is 0. The summed E-state index contributed by atoms with van der Waals surface area (Å²) in [6.07, 6.45) is 7.61. The Bertz CT molecular complexity index is 497. The number of rotatable bonds is 5. The number of aromatic nitrogens is 4. The van der Waals surface area contributed by atoms with Crippen molar-refractivity contribution >= 4 is 0 Å². The molecule has 1 atom stereocenters. The van der Waals surface area contributed by atoms with Gasteiger partial charge in [-0.15, -0.1) is 0 Å². The van der Waals surface area contributed by atoms with Crippen molar-refractivity contribution in [3.63, 3.8) is 0 Å². The van der Waals surface area contributed by atoms with Gasteiger partial charge in [-0.05, 0) is 12.8 Å². The number of imidazole rings is 1. The van der Waals surface area contributed by atoms with E-state index in [1.807, 2.05) is 29.6 Å². The first kappa shape index (κ1) is 12.8. The van der Waals surface area contributed by atoms with Gasteiger partial charge >= 0.3 is 0 Å². The van der Waals surface area contributed by atoms with Gasteiger partial charge in [0.25, 0.3) is 0 Å². The SMILES string of the molecule is CCn1cc(-c2cncn2CC(N)C(C)C)cn1. The van der Waals surface area contributed by atoms with Gasteiger partial charge in [0.15, 0.2) is 0 Å². The minimum absolute atomic E-state index is 0.138. The Morgan fingerprint density at radius 1 is 1.33 bits per heavy atom. The lowest BCUT2D eigenvalue weighted by molar-refractivity contribution is 0.435. The Hall–Kier alpha value is -1.62. The molecule has 0 aromatic carbocycles. The van der Waals surface area contributed by atoms with E-state index in [4.69, 9.17) is 5.73 Å². The summed E-state index contributed by atoms with van der Waals surface area (Å²) in [5, 5.41) is 4.29. The van der Waals surface area contributed by atoms with Crippen LogP contribution < -0.4 is 5.73 Å². The van der Waals surface area contributed by atoms with Crippen LogP contribution in [0.1, 0.15) is 20.8 Å². The lowest BCUT2D eigenvalue weighted by Crippen LogP contribution is -2.31. The Balaban J connectivity index is 2.22. The van der Waals surface area contributed by atoms with Crippen LogP contribution in [0.15, 0.2) is 24.9 Å². The van der Waals surface area contributed by atoms with Crippen molar-refractivity contribution in [1.29, 1.82) is 0 Å². The molecule has 0 saturated carbocycles. The van der Waals surface area contributed by atoms with Crippen molar-refractivity contribution < 1.29 is 0 Å². The molecule has 0 aliphatic rings. The average Bonchev–Trinajstić information content (AvgIpc) is 2.96. The van der Waals surface area contributed by atoms with Crippen molar-refractivity contribution in [3.05, 3.63) is 24.9 Å². The van der Waals surface area contributed by atoms with E-state index in [0.29, 0.717) is 5.92 Å². The summed E-state index contributed by atoms with van der Waals surface area (Å²) in [6.45, 7) is 8.00. The fourth-order valence-electron chi connectivity index (χ4n) is 1.81. The van der Waals surface area contributed by atoms with E-state index in [2.05, 4.69) is 35.4 Å². The van der Waals surface area contributed by atoms with Crippen LogP contribution in [0.25, 0.3) is 11.3 Å². The molecule has 2 aromatic heterocycles. The molecule has 5 nitrogen and oxygen atoms in total. The Morgan fingerprint density at radius 3 is 2.72 bits per heavy atom. The highest BCUT2D eigenvalue weighted by Gasteiger charge is 2.12. The number of aryl methyl sites for hydroxylation is 1. The van der Waals surface area contributed by atoms with E-state index in [1.165, 1.54) is 0 Å². The van der Waals surface area contributed by atoms with Crippen molar-refractivity contribution in [3.8, 4) is 11.3 Å². The van der Waals surface area contributed by atoms with Crippen LogP contribution in [0.3, 0.4) is 0 Å². The maximum absolute atomic E-state index is 6.12. The van der Waals surface area contributed by atoms with Crippen molar-refractivity contribution in [2.75, 3.05) is 0 Å². The second kappa shape index (κ2) is 5.35. The van der Waals surface area contributed by atoms with Gasteiger partial charge in [-0.1, -0.05) is 13.8 Å². The van der Waals surface area contributed by atoms with Crippen molar-refractivity contribution in [1.82, 2.24) is 19.3 Å². The van der Waals surface area contributed by atoms with Crippen LogP contribution in [0.4, 0.5) is 0 Å². The van der Waals surface area contributed by atoms with Crippen molar-refractivity contribution in [2.24, 2.45) is 11.7 Å². The van der Waals surface area contributed by atoms with Gasteiger partial charge in [-0.25, -0.2) is 4.98 Å². The molecule has 0 aliphatic carbocycles. The normalized spacial score (nSPS) is 13.2. The number of hydrogen-bond acceptors (Lipinski definition) is 3. The zero-order valence-corrected chi connectivity index (χ0v) is 11.2. The minimum Gasteiger partial charge on any atom is -0.329 e.